The fourth-order valence-corrected chi connectivity index (χ4v) is 4.45. The number of halogens is 2. The zero-order chi connectivity index (χ0) is 21.2. The molecule has 8 heteroatoms. The van der Waals surface area contributed by atoms with E-state index in [9.17, 15) is 4.79 Å². The van der Waals surface area contributed by atoms with Crippen LogP contribution in [0.25, 0.3) is 0 Å². The Balaban J connectivity index is 1.77. The Bertz CT molecular complexity index is 986. The fraction of sp³-hybridized carbons (Fsp3) is 0.286. The Morgan fingerprint density at radius 1 is 1.28 bits per heavy atom. The lowest BCUT2D eigenvalue weighted by atomic mass is 9.88. The highest BCUT2D eigenvalue weighted by molar-refractivity contribution is 9.11. The minimum Gasteiger partial charge on any atom is -0.465 e. The molecular formula is C21H21Br2N3O3. The van der Waals surface area contributed by atoms with Gasteiger partial charge >= 0.3 is 0 Å². The molecule has 0 aliphatic carbocycles. The first-order valence-electron chi connectivity index (χ1n) is 9.07. The van der Waals surface area contributed by atoms with Gasteiger partial charge in [0.05, 0.1) is 12.3 Å². The number of rotatable bonds is 4. The number of aryl methyl sites for hydroxylation is 1. The average molecular weight is 523 g/mol. The molecule has 0 radical (unpaired) electrons. The molecule has 2 aromatic rings. The molecular weight excluding hydrogens is 502 g/mol. The molecule has 0 fully saturated rings. The Hall–Kier alpha value is -2.19. The van der Waals surface area contributed by atoms with E-state index in [2.05, 4.69) is 42.3 Å². The highest BCUT2D eigenvalue weighted by Gasteiger charge is 2.37. The van der Waals surface area contributed by atoms with Crippen LogP contribution >= 0.6 is 31.9 Å². The molecule has 2 N–H and O–H groups in total. The number of hydrogen-bond acceptors (Lipinski definition) is 5. The van der Waals surface area contributed by atoms with Gasteiger partial charge in [0.2, 0.25) is 0 Å². The summed E-state index contributed by atoms with van der Waals surface area (Å²) in [7, 11) is 0. The Kier molecular flexibility index (Phi) is 6.43. The molecule has 1 aliphatic rings. The van der Waals surface area contributed by atoms with Crippen molar-refractivity contribution in [3.63, 3.8) is 0 Å². The molecule has 29 heavy (non-hydrogen) atoms. The second-order valence-electron chi connectivity index (χ2n) is 6.94. The largest absolute Gasteiger partial charge is 0.465 e. The summed E-state index contributed by atoms with van der Waals surface area (Å²) in [5.41, 5.74) is 3.43. The predicted molar refractivity (Wildman–Crippen MR) is 119 cm³/mol. The minimum absolute atomic E-state index is 0.259. The van der Waals surface area contributed by atoms with Crippen LogP contribution in [0.2, 0.25) is 0 Å². The lowest BCUT2D eigenvalue weighted by Crippen LogP contribution is -2.32. The number of ether oxygens (including phenoxy) is 1. The SMILES string of the molecule is CCOC(=N)NC(=O)c1ccc(C2=NOC(C)(c3cc(Br)cc(Br)c3)C2)cc1C. The van der Waals surface area contributed by atoms with Crippen LogP contribution in [0.5, 0.6) is 0 Å². The van der Waals surface area contributed by atoms with E-state index in [1.165, 1.54) is 0 Å². The number of nitrogens with one attached hydrogen (secondary N) is 2. The maximum absolute atomic E-state index is 12.3. The van der Waals surface area contributed by atoms with Gasteiger partial charge in [-0.15, -0.1) is 0 Å². The zero-order valence-electron chi connectivity index (χ0n) is 16.3. The number of benzene rings is 2. The Morgan fingerprint density at radius 3 is 2.59 bits per heavy atom. The van der Waals surface area contributed by atoms with Crippen LogP contribution in [0.15, 0.2) is 50.5 Å². The molecule has 0 bridgehead atoms. The first-order valence-corrected chi connectivity index (χ1v) is 10.7. The molecule has 0 saturated carbocycles. The van der Waals surface area contributed by atoms with Crippen LogP contribution in [-0.2, 0) is 15.2 Å². The van der Waals surface area contributed by atoms with Crippen molar-refractivity contribution in [2.24, 2.45) is 5.16 Å². The monoisotopic (exact) mass is 521 g/mol. The third-order valence-corrected chi connectivity index (χ3v) is 5.57. The average Bonchev–Trinajstić information content (AvgIpc) is 3.04. The molecule has 2 aromatic carbocycles. The predicted octanol–water partition coefficient (Wildman–Crippen LogP) is 5.26. The van der Waals surface area contributed by atoms with Crippen molar-refractivity contribution in [3.05, 3.63) is 67.6 Å². The van der Waals surface area contributed by atoms with E-state index < -0.39 is 5.60 Å². The number of amides is 1. The van der Waals surface area contributed by atoms with Crippen molar-refractivity contribution in [2.75, 3.05) is 6.61 Å². The van der Waals surface area contributed by atoms with Crippen molar-refractivity contribution in [2.45, 2.75) is 32.8 Å². The number of carbonyl (C=O) groups excluding carboxylic acids is 1. The highest BCUT2D eigenvalue weighted by Crippen LogP contribution is 2.38. The summed E-state index contributed by atoms with van der Waals surface area (Å²) in [5, 5.41) is 14.3. The van der Waals surface area contributed by atoms with Crippen LogP contribution < -0.4 is 5.32 Å². The molecule has 3 rings (SSSR count). The van der Waals surface area contributed by atoms with Crippen LogP contribution in [0.3, 0.4) is 0 Å². The third kappa shape index (κ3) is 4.87. The summed E-state index contributed by atoms with van der Waals surface area (Å²) in [5.74, 6) is -0.374. The lowest BCUT2D eigenvalue weighted by Gasteiger charge is -2.22. The number of oxime groups is 1. The van der Waals surface area contributed by atoms with Gasteiger partial charge in [0, 0.05) is 26.5 Å². The smallest absolute Gasteiger partial charge is 0.288 e. The summed E-state index contributed by atoms with van der Waals surface area (Å²) in [4.78, 5) is 18.2. The van der Waals surface area contributed by atoms with E-state index in [1.807, 2.05) is 44.2 Å². The van der Waals surface area contributed by atoms with E-state index in [0.717, 1.165) is 31.3 Å². The first-order chi connectivity index (χ1) is 13.7. The molecule has 6 nitrogen and oxygen atoms in total. The summed E-state index contributed by atoms with van der Waals surface area (Å²) in [6, 6.07) is 11.2. The third-order valence-electron chi connectivity index (χ3n) is 4.66. The normalized spacial score (nSPS) is 18.0. The minimum atomic E-state index is -0.571. The van der Waals surface area contributed by atoms with E-state index in [-0.39, 0.29) is 11.9 Å². The number of nitrogens with zero attached hydrogens (tertiary/aromatic N) is 1. The van der Waals surface area contributed by atoms with Gasteiger partial charge in [-0.2, -0.15) is 0 Å². The summed E-state index contributed by atoms with van der Waals surface area (Å²) >= 11 is 7.03. The van der Waals surface area contributed by atoms with Gasteiger partial charge in [0.1, 0.15) is 0 Å². The molecule has 0 aromatic heterocycles. The van der Waals surface area contributed by atoms with Gasteiger partial charge in [-0.1, -0.05) is 43.1 Å². The molecule has 1 heterocycles. The maximum atomic E-state index is 12.3. The van der Waals surface area contributed by atoms with Crippen LogP contribution in [0.4, 0.5) is 0 Å². The van der Waals surface area contributed by atoms with Gasteiger partial charge in [0.15, 0.2) is 5.60 Å². The molecule has 1 amide bonds. The van der Waals surface area contributed by atoms with Crippen molar-refractivity contribution >= 4 is 49.5 Å². The summed E-state index contributed by atoms with van der Waals surface area (Å²) in [6.45, 7) is 5.94. The van der Waals surface area contributed by atoms with Gasteiger partial charge in [-0.25, -0.2) is 0 Å². The van der Waals surface area contributed by atoms with Crippen LogP contribution in [0, 0.1) is 12.3 Å². The summed E-state index contributed by atoms with van der Waals surface area (Å²) < 4.78 is 6.89. The Labute approximate surface area is 186 Å². The number of hydrogen-bond donors (Lipinski definition) is 2. The van der Waals surface area contributed by atoms with Crippen LogP contribution in [0.1, 0.15) is 47.3 Å². The zero-order valence-corrected chi connectivity index (χ0v) is 19.5. The molecule has 1 atom stereocenters. The first kappa shape index (κ1) is 21.5. The van der Waals surface area contributed by atoms with E-state index in [1.54, 1.807) is 13.0 Å². The second-order valence-corrected chi connectivity index (χ2v) is 8.77. The maximum Gasteiger partial charge on any atom is 0.288 e. The van der Waals surface area contributed by atoms with E-state index in [0.29, 0.717) is 18.6 Å². The molecule has 0 saturated heterocycles. The molecule has 1 unspecified atom stereocenters. The molecule has 152 valence electrons. The van der Waals surface area contributed by atoms with Gasteiger partial charge < -0.3 is 9.57 Å². The lowest BCUT2D eigenvalue weighted by molar-refractivity contribution is -0.00747. The topological polar surface area (TPSA) is 83.8 Å². The fourth-order valence-electron chi connectivity index (χ4n) is 3.16. The van der Waals surface area contributed by atoms with Crippen molar-refractivity contribution in [1.82, 2.24) is 5.32 Å². The van der Waals surface area contributed by atoms with E-state index in [4.69, 9.17) is 15.0 Å². The quantitative estimate of drug-likeness (QED) is 0.424. The van der Waals surface area contributed by atoms with Gasteiger partial charge in [0.25, 0.3) is 11.9 Å². The van der Waals surface area contributed by atoms with Gasteiger partial charge in [-0.05, 0) is 62.2 Å². The number of carbonyl (C=O) groups is 1. The second kappa shape index (κ2) is 8.67. The molecule has 0 spiro atoms. The van der Waals surface area contributed by atoms with E-state index >= 15 is 0 Å². The molecule has 1 aliphatic heterocycles. The van der Waals surface area contributed by atoms with Crippen molar-refractivity contribution < 1.29 is 14.4 Å². The van der Waals surface area contributed by atoms with Crippen molar-refractivity contribution in [1.29, 1.82) is 5.41 Å². The van der Waals surface area contributed by atoms with Crippen LogP contribution in [-0.4, -0.2) is 24.2 Å². The number of amidine groups is 1. The summed E-state index contributed by atoms with van der Waals surface area (Å²) in [6.07, 6.45) is 0.607. The van der Waals surface area contributed by atoms with Crippen molar-refractivity contribution in [3.8, 4) is 0 Å². The highest BCUT2D eigenvalue weighted by atomic mass is 79.9. The Morgan fingerprint density at radius 2 is 1.97 bits per heavy atom. The standard InChI is InChI=1S/C21H21Br2N3O3/c1-4-28-20(24)25-19(27)17-6-5-13(7-12(17)2)18-11-21(3,29-26-18)14-8-15(22)10-16(23)9-14/h5-10H,4,11H2,1-3H3,(H2,24,25,27). The van der Waals surface area contributed by atoms with Gasteiger partial charge in [-0.3, -0.25) is 15.5 Å².